The van der Waals surface area contributed by atoms with Gasteiger partial charge in [-0.1, -0.05) is 6.07 Å². The van der Waals surface area contributed by atoms with E-state index >= 15 is 0 Å². The van der Waals surface area contributed by atoms with Crippen LogP contribution in [0.2, 0.25) is 0 Å². The van der Waals surface area contributed by atoms with Crippen LogP contribution in [0, 0.1) is 6.92 Å². The van der Waals surface area contributed by atoms with Crippen molar-refractivity contribution in [2.75, 3.05) is 19.5 Å². The number of aromatic nitrogens is 3. The van der Waals surface area contributed by atoms with Crippen LogP contribution < -0.4 is 20.5 Å². The fourth-order valence-electron chi connectivity index (χ4n) is 2.54. The molecule has 0 aliphatic heterocycles. The van der Waals surface area contributed by atoms with Crippen LogP contribution in [-0.4, -0.2) is 34.7 Å². The molecule has 8 heteroatoms. The molecule has 0 radical (unpaired) electrons. The van der Waals surface area contributed by atoms with Crippen molar-refractivity contribution in [2.24, 2.45) is 10.7 Å². The van der Waals surface area contributed by atoms with E-state index in [-0.39, 0.29) is 5.96 Å². The number of methoxy groups -OCH3 is 2. The van der Waals surface area contributed by atoms with E-state index in [1.807, 2.05) is 35.9 Å². The number of guanidine groups is 1. The van der Waals surface area contributed by atoms with E-state index < -0.39 is 0 Å². The Morgan fingerprint density at radius 1 is 1.19 bits per heavy atom. The Hall–Kier alpha value is -3.55. The molecule has 0 saturated carbocycles. The first-order valence-corrected chi connectivity index (χ1v) is 8.35. The number of hydrogen-bond donors (Lipinski definition) is 2. The van der Waals surface area contributed by atoms with Gasteiger partial charge in [0.1, 0.15) is 23.1 Å². The standard InChI is InChI=1S/C19H22N6O2/c1-13-21-8-9-25(13)18-7-4-14(11-22-18)12-23-19(20)24-16-10-15(26-2)5-6-17(16)27-3/h4-11H,12H2,1-3H3,(H3,20,23,24). The molecule has 0 aliphatic rings. The number of imidazole rings is 1. The fraction of sp³-hybridized carbons (Fsp3) is 0.211. The summed E-state index contributed by atoms with van der Waals surface area (Å²) in [5, 5.41) is 3.04. The zero-order valence-electron chi connectivity index (χ0n) is 15.5. The summed E-state index contributed by atoms with van der Waals surface area (Å²) in [6, 6.07) is 9.30. The van der Waals surface area contributed by atoms with Gasteiger partial charge < -0.3 is 20.5 Å². The van der Waals surface area contributed by atoms with E-state index in [2.05, 4.69) is 20.3 Å². The largest absolute Gasteiger partial charge is 0.497 e. The Morgan fingerprint density at radius 2 is 2.04 bits per heavy atom. The van der Waals surface area contributed by atoms with E-state index in [9.17, 15) is 0 Å². The Labute approximate surface area is 157 Å². The van der Waals surface area contributed by atoms with Crippen LogP contribution in [0.3, 0.4) is 0 Å². The van der Waals surface area contributed by atoms with Gasteiger partial charge in [-0.2, -0.15) is 0 Å². The summed E-state index contributed by atoms with van der Waals surface area (Å²) in [5.74, 6) is 3.31. The van der Waals surface area contributed by atoms with Crippen molar-refractivity contribution in [3.63, 3.8) is 0 Å². The average molecular weight is 366 g/mol. The summed E-state index contributed by atoms with van der Waals surface area (Å²) in [4.78, 5) is 13.0. The molecule has 2 aromatic heterocycles. The molecule has 2 heterocycles. The van der Waals surface area contributed by atoms with Gasteiger partial charge in [-0.25, -0.2) is 15.0 Å². The Bertz CT molecular complexity index is 934. The number of pyridine rings is 1. The topological polar surface area (TPSA) is 99.6 Å². The number of anilines is 1. The molecule has 3 rings (SSSR count). The zero-order valence-corrected chi connectivity index (χ0v) is 15.5. The molecule has 27 heavy (non-hydrogen) atoms. The molecule has 0 amide bonds. The molecule has 0 saturated heterocycles. The van der Waals surface area contributed by atoms with Crippen molar-refractivity contribution in [3.05, 3.63) is 60.3 Å². The summed E-state index contributed by atoms with van der Waals surface area (Å²) in [5.41, 5.74) is 7.63. The molecule has 140 valence electrons. The summed E-state index contributed by atoms with van der Waals surface area (Å²) < 4.78 is 12.5. The van der Waals surface area contributed by atoms with Gasteiger partial charge in [-0.05, 0) is 30.7 Å². The summed E-state index contributed by atoms with van der Waals surface area (Å²) in [6.45, 7) is 2.33. The number of aliphatic imine (C=N–C) groups is 1. The van der Waals surface area contributed by atoms with Gasteiger partial charge in [0.05, 0.1) is 26.5 Å². The number of rotatable bonds is 6. The lowest BCUT2D eigenvalue weighted by molar-refractivity contribution is 0.405. The first-order valence-electron chi connectivity index (χ1n) is 8.35. The fourth-order valence-corrected chi connectivity index (χ4v) is 2.54. The molecular formula is C19H22N6O2. The van der Waals surface area contributed by atoms with Gasteiger partial charge in [0.25, 0.3) is 0 Å². The summed E-state index contributed by atoms with van der Waals surface area (Å²) in [7, 11) is 3.19. The van der Waals surface area contributed by atoms with E-state index in [0.29, 0.717) is 23.7 Å². The molecule has 0 atom stereocenters. The van der Waals surface area contributed by atoms with Gasteiger partial charge in [-0.15, -0.1) is 0 Å². The maximum atomic E-state index is 6.01. The van der Waals surface area contributed by atoms with Crippen molar-refractivity contribution >= 4 is 11.6 Å². The molecule has 0 aliphatic carbocycles. The Morgan fingerprint density at radius 3 is 2.67 bits per heavy atom. The summed E-state index contributed by atoms with van der Waals surface area (Å²) >= 11 is 0. The Balaban J connectivity index is 1.68. The normalized spacial score (nSPS) is 11.3. The predicted octanol–water partition coefficient (Wildman–Crippen LogP) is 2.52. The van der Waals surface area contributed by atoms with E-state index in [1.54, 1.807) is 38.7 Å². The first-order chi connectivity index (χ1) is 13.1. The molecule has 0 unspecified atom stereocenters. The van der Waals surface area contributed by atoms with Crippen molar-refractivity contribution < 1.29 is 9.47 Å². The second kappa shape index (κ2) is 8.22. The van der Waals surface area contributed by atoms with Crippen molar-refractivity contribution in [3.8, 4) is 17.3 Å². The van der Waals surface area contributed by atoms with Crippen LogP contribution >= 0.6 is 0 Å². The molecule has 0 fully saturated rings. The SMILES string of the molecule is COc1ccc(OC)c(NC(N)=NCc2ccc(-n3ccnc3C)nc2)c1. The number of nitrogens with one attached hydrogen (secondary N) is 1. The molecule has 3 N–H and O–H groups in total. The number of nitrogens with zero attached hydrogens (tertiary/aromatic N) is 4. The van der Waals surface area contributed by atoms with E-state index in [1.165, 1.54) is 0 Å². The highest BCUT2D eigenvalue weighted by atomic mass is 16.5. The molecular weight excluding hydrogens is 344 g/mol. The minimum Gasteiger partial charge on any atom is -0.497 e. The third-order valence-corrected chi connectivity index (χ3v) is 3.98. The average Bonchev–Trinajstić information content (AvgIpc) is 3.12. The quantitative estimate of drug-likeness (QED) is 0.514. The van der Waals surface area contributed by atoms with Crippen molar-refractivity contribution in [1.29, 1.82) is 0 Å². The molecule has 3 aromatic rings. The van der Waals surface area contributed by atoms with Gasteiger partial charge >= 0.3 is 0 Å². The van der Waals surface area contributed by atoms with Gasteiger partial charge in [0, 0.05) is 24.7 Å². The minimum atomic E-state index is 0.274. The lowest BCUT2D eigenvalue weighted by atomic mass is 10.2. The lowest BCUT2D eigenvalue weighted by Crippen LogP contribution is -2.23. The van der Waals surface area contributed by atoms with Gasteiger partial charge in [0.15, 0.2) is 5.96 Å². The lowest BCUT2D eigenvalue weighted by Gasteiger charge is -2.12. The van der Waals surface area contributed by atoms with Crippen LogP contribution in [0.25, 0.3) is 5.82 Å². The third kappa shape index (κ3) is 4.35. The first kappa shape index (κ1) is 18.2. The van der Waals surface area contributed by atoms with Crippen LogP contribution in [0.1, 0.15) is 11.4 Å². The highest BCUT2D eigenvalue weighted by Crippen LogP contribution is 2.28. The van der Waals surface area contributed by atoms with Crippen LogP contribution in [0.15, 0.2) is 53.9 Å². The highest BCUT2D eigenvalue weighted by molar-refractivity contribution is 5.94. The second-order valence-electron chi connectivity index (χ2n) is 5.76. The number of benzene rings is 1. The number of aryl methyl sites for hydroxylation is 1. The van der Waals surface area contributed by atoms with Crippen LogP contribution in [0.4, 0.5) is 5.69 Å². The monoisotopic (exact) mass is 366 g/mol. The van der Waals surface area contributed by atoms with E-state index in [0.717, 1.165) is 17.2 Å². The third-order valence-electron chi connectivity index (χ3n) is 3.98. The van der Waals surface area contributed by atoms with Crippen molar-refractivity contribution in [2.45, 2.75) is 13.5 Å². The van der Waals surface area contributed by atoms with Crippen molar-refractivity contribution in [1.82, 2.24) is 14.5 Å². The smallest absolute Gasteiger partial charge is 0.193 e. The van der Waals surface area contributed by atoms with Gasteiger partial charge in [-0.3, -0.25) is 4.57 Å². The number of nitrogens with two attached hydrogens (primary N) is 1. The number of ether oxygens (including phenoxy) is 2. The number of hydrogen-bond acceptors (Lipinski definition) is 5. The Kier molecular flexibility index (Phi) is 5.55. The predicted molar refractivity (Wildman–Crippen MR) is 105 cm³/mol. The van der Waals surface area contributed by atoms with Crippen LogP contribution in [-0.2, 0) is 6.54 Å². The van der Waals surface area contributed by atoms with Crippen LogP contribution in [0.5, 0.6) is 11.5 Å². The molecule has 8 nitrogen and oxygen atoms in total. The van der Waals surface area contributed by atoms with Gasteiger partial charge in [0.2, 0.25) is 0 Å². The molecule has 0 spiro atoms. The van der Waals surface area contributed by atoms with E-state index in [4.69, 9.17) is 15.2 Å². The second-order valence-corrected chi connectivity index (χ2v) is 5.76. The zero-order chi connectivity index (χ0) is 19.2. The highest BCUT2D eigenvalue weighted by Gasteiger charge is 2.06. The minimum absolute atomic E-state index is 0.274. The molecule has 1 aromatic carbocycles. The molecule has 0 bridgehead atoms. The summed E-state index contributed by atoms with van der Waals surface area (Å²) in [6.07, 6.45) is 5.39. The maximum absolute atomic E-state index is 6.01. The maximum Gasteiger partial charge on any atom is 0.193 e.